The van der Waals surface area contributed by atoms with Gasteiger partial charge in [0.2, 0.25) is 0 Å². The molecule has 1 heterocycles. The number of methoxy groups -OCH3 is 1. The van der Waals surface area contributed by atoms with Gasteiger partial charge in [0.1, 0.15) is 5.75 Å². The van der Waals surface area contributed by atoms with Gasteiger partial charge in [-0.3, -0.25) is 4.79 Å². The molecule has 30 heavy (non-hydrogen) atoms. The van der Waals surface area contributed by atoms with Crippen LogP contribution in [0, 0.1) is 0 Å². The highest BCUT2D eigenvalue weighted by Gasteiger charge is 2.35. The van der Waals surface area contributed by atoms with Crippen molar-refractivity contribution in [2.45, 2.75) is 24.8 Å². The van der Waals surface area contributed by atoms with Crippen molar-refractivity contribution in [2.24, 2.45) is 0 Å². The normalized spacial score (nSPS) is 20.4. The number of carbonyl (C=O) groups excluding carboxylic acids is 1. The van der Waals surface area contributed by atoms with Crippen molar-refractivity contribution in [1.82, 2.24) is 0 Å². The average molecular weight is 396 g/mol. The van der Waals surface area contributed by atoms with Crippen LogP contribution in [-0.2, 0) is 4.79 Å². The summed E-state index contributed by atoms with van der Waals surface area (Å²) in [5, 5.41) is 7.20. The van der Waals surface area contributed by atoms with Crippen molar-refractivity contribution < 1.29 is 9.53 Å². The topological polar surface area (TPSA) is 50.4 Å². The number of carbonyl (C=O) groups is 1. The number of para-hydroxylation sites is 2. The summed E-state index contributed by atoms with van der Waals surface area (Å²) in [5.74, 6) is 1.17. The van der Waals surface area contributed by atoms with Crippen LogP contribution in [0.2, 0.25) is 0 Å². The van der Waals surface area contributed by atoms with Gasteiger partial charge in [0.25, 0.3) is 0 Å². The fraction of sp³-hybridized carbons (Fsp3) is 0.192. The van der Waals surface area contributed by atoms with Crippen LogP contribution in [0.1, 0.15) is 35.9 Å². The van der Waals surface area contributed by atoms with Gasteiger partial charge in [0, 0.05) is 17.7 Å². The van der Waals surface area contributed by atoms with E-state index in [2.05, 4.69) is 47.0 Å². The Kier molecular flexibility index (Phi) is 4.75. The molecule has 0 aromatic heterocycles. The van der Waals surface area contributed by atoms with E-state index in [0.717, 1.165) is 40.4 Å². The maximum atomic E-state index is 13.5. The molecule has 0 saturated heterocycles. The molecule has 2 atom stereocenters. The van der Waals surface area contributed by atoms with Crippen LogP contribution in [0.5, 0.6) is 5.75 Å². The Labute approximate surface area is 176 Å². The zero-order valence-corrected chi connectivity index (χ0v) is 16.9. The molecule has 0 bridgehead atoms. The van der Waals surface area contributed by atoms with Crippen molar-refractivity contribution >= 4 is 17.2 Å². The number of benzene rings is 3. The lowest BCUT2D eigenvalue weighted by molar-refractivity contribution is -0.116. The first-order valence-electron chi connectivity index (χ1n) is 10.3. The van der Waals surface area contributed by atoms with E-state index in [0.29, 0.717) is 6.42 Å². The molecule has 2 aliphatic rings. The number of allylic oxidation sites excluding steroid dienone is 1. The molecule has 3 aromatic rings. The van der Waals surface area contributed by atoms with E-state index < -0.39 is 0 Å². The van der Waals surface area contributed by atoms with Gasteiger partial charge >= 0.3 is 0 Å². The molecule has 1 aliphatic heterocycles. The lowest BCUT2D eigenvalue weighted by Gasteiger charge is -2.30. The number of hydrogen-bond acceptors (Lipinski definition) is 4. The first kappa shape index (κ1) is 18.5. The number of rotatable bonds is 3. The van der Waals surface area contributed by atoms with Gasteiger partial charge in [-0.2, -0.15) is 0 Å². The van der Waals surface area contributed by atoms with Crippen molar-refractivity contribution in [3.63, 3.8) is 0 Å². The molecule has 0 fully saturated rings. The Morgan fingerprint density at radius 1 is 0.800 bits per heavy atom. The van der Waals surface area contributed by atoms with Crippen LogP contribution in [0.15, 0.2) is 90.1 Å². The van der Waals surface area contributed by atoms with Gasteiger partial charge in [-0.1, -0.05) is 54.6 Å². The molecule has 4 nitrogen and oxygen atoms in total. The van der Waals surface area contributed by atoms with Crippen LogP contribution in [0.25, 0.3) is 0 Å². The van der Waals surface area contributed by atoms with E-state index in [1.807, 2.05) is 42.5 Å². The van der Waals surface area contributed by atoms with Crippen LogP contribution in [0.4, 0.5) is 11.4 Å². The lowest BCUT2D eigenvalue weighted by Crippen LogP contribution is -2.26. The van der Waals surface area contributed by atoms with Crippen LogP contribution < -0.4 is 15.4 Å². The van der Waals surface area contributed by atoms with E-state index in [4.69, 9.17) is 4.74 Å². The van der Waals surface area contributed by atoms with Crippen molar-refractivity contribution in [3.05, 3.63) is 101 Å². The summed E-state index contributed by atoms with van der Waals surface area (Å²) in [6.45, 7) is 0. The maximum Gasteiger partial charge on any atom is 0.163 e. The zero-order valence-electron chi connectivity index (χ0n) is 16.9. The van der Waals surface area contributed by atoms with Gasteiger partial charge in [-0.05, 0) is 47.7 Å². The zero-order chi connectivity index (χ0) is 20.5. The van der Waals surface area contributed by atoms with Crippen molar-refractivity contribution in [3.8, 4) is 5.75 Å². The monoisotopic (exact) mass is 396 g/mol. The van der Waals surface area contributed by atoms with Gasteiger partial charge in [0.15, 0.2) is 5.78 Å². The number of nitrogens with one attached hydrogen (secondary N) is 2. The van der Waals surface area contributed by atoms with Gasteiger partial charge in [0.05, 0.1) is 24.5 Å². The maximum absolute atomic E-state index is 13.5. The first-order valence-corrected chi connectivity index (χ1v) is 10.3. The highest BCUT2D eigenvalue weighted by Crippen LogP contribution is 2.44. The van der Waals surface area contributed by atoms with E-state index >= 15 is 0 Å². The lowest BCUT2D eigenvalue weighted by atomic mass is 9.78. The van der Waals surface area contributed by atoms with Crippen LogP contribution in [0.3, 0.4) is 0 Å². The Hall–Kier alpha value is -3.53. The van der Waals surface area contributed by atoms with E-state index in [9.17, 15) is 4.79 Å². The molecule has 0 unspecified atom stereocenters. The van der Waals surface area contributed by atoms with Gasteiger partial charge in [-0.15, -0.1) is 0 Å². The largest absolute Gasteiger partial charge is 0.497 e. The summed E-state index contributed by atoms with van der Waals surface area (Å²) in [4.78, 5) is 13.5. The molecule has 4 heteroatoms. The quantitative estimate of drug-likeness (QED) is 0.598. The molecule has 3 aromatic carbocycles. The van der Waals surface area contributed by atoms with Crippen molar-refractivity contribution in [2.75, 3.05) is 17.7 Å². The standard InChI is InChI=1S/C26H24N2O2/c1-30-20-13-11-17(12-14-20)19-15-23-25(24(29)16-19)26(18-7-3-2-4-8-18)28-22-10-6-5-9-21(22)27-23/h2-14,19,26-28H,15-16H2,1H3/t19-,26-/m1/s1. The smallest absolute Gasteiger partial charge is 0.163 e. The minimum absolute atomic E-state index is 0.149. The summed E-state index contributed by atoms with van der Waals surface area (Å²) in [5.41, 5.74) is 6.14. The van der Waals surface area contributed by atoms with Crippen LogP contribution in [-0.4, -0.2) is 12.9 Å². The van der Waals surface area contributed by atoms with E-state index in [1.54, 1.807) is 7.11 Å². The molecule has 2 N–H and O–H groups in total. The van der Waals surface area contributed by atoms with E-state index in [-0.39, 0.29) is 17.7 Å². The third-order valence-corrected chi connectivity index (χ3v) is 6.03. The molecule has 0 amide bonds. The Morgan fingerprint density at radius 3 is 2.23 bits per heavy atom. The van der Waals surface area contributed by atoms with Crippen LogP contribution >= 0.6 is 0 Å². The second-order valence-electron chi connectivity index (χ2n) is 7.85. The molecule has 150 valence electrons. The summed E-state index contributed by atoms with van der Waals surface area (Å²) < 4.78 is 5.29. The third kappa shape index (κ3) is 3.35. The van der Waals surface area contributed by atoms with Gasteiger partial charge < -0.3 is 15.4 Å². The molecular formula is C26H24N2O2. The number of ether oxygens (including phenoxy) is 1. The molecular weight excluding hydrogens is 372 g/mol. The third-order valence-electron chi connectivity index (χ3n) is 6.03. The number of fused-ring (bicyclic) bond motifs is 1. The summed E-state index contributed by atoms with van der Waals surface area (Å²) in [7, 11) is 1.67. The minimum atomic E-state index is -0.165. The number of Topliss-reactive ketones (excluding diaryl/α,β-unsaturated/α-hetero) is 1. The van der Waals surface area contributed by atoms with E-state index in [1.165, 1.54) is 5.56 Å². The first-order chi connectivity index (χ1) is 14.7. The second-order valence-corrected chi connectivity index (χ2v) is 7.85. The molecule has 0 radical (unpaired) electrons. The highest BCUT2D eigenvalue weighted by atomic mass is 16.5. The molecule has 5 rings (SSSR count). The predicted molar refractivity (Wildman–Crippen MR) is 120 cm³/mol. The van der Waals surface area contributed by atoms with Gasteiger partial charge in [-0.25, -0.2) is 0 Å². The SMILES string of the molecule is COc1ccc([C@H]2CC(=O)C3=C(C2)Nc2ccccc2N[C@@H]3c2ccccc2)cc1. The second kappa shape index (κ2) is 7.71. The summed E-state index contributed by atoms with van der Waals surface area (Å²) >= 11 is 0. The fourth-order valence-corrected chi connectivity index (χ4v) is 4.50. The van der Waals surface area contributed by atoms with Crippen molar-refractivity contribution in [1.29, 1.82) is 0 Å². The number of anilines is 2. The number of hydrogen-bond donors (Lipinski definition) is 2. The highest BCUT2D eigenvalue weighted by molar-refractivity contribution is 6.01. The fourth-order valence-electron chi connectivity index (χ4n) is 4.50. The summed E-state index contributed by atoms with van der Waals surface area (Å²) in [6.07, 6.45) is 1.31. The predicted octanol–water partition coefficient (Wildman–Crippen LogP) is 5.67. The Bertz CT molecular complexity index is 1100. The minimum Gasteiger partial charge on any atom is -0.497 e. The molecule has 1 aliphatic carbocycles. The average Bonchev–Trinajstić information content (AvgIpc) is 2.96. The Morgan fingerprint density at radius 2 is 1.50 bits per heavy atom. The summed E-state index contributed by atoms with van der Waals surface area (Å²) in [6, 6.07) is 26.3. The molecule has 0 saturated carbocycles. The number of ketones is 1. The molecule has 0 spiro atoms. The Balaban J connectivity index is 1.57.